The molecule has 0 amide bonds. The number of nitrogens with zero attached hydrogens (tertiary/aromatic N) is 2. The Morgan fingerprint density at radius 2 is 0.978 bits per heavy atom. The third-order valence-electron chi connectivity index (χ3n) is 9.18. The first-order chi connectivity index (χ1) is 22.7. The van der Waals surface area contributed by atoms with Crippen LogP contribution in [0.5, 0.6) is 0 Å². The average Bonchev–Trinajstić information content (AvgIpc) is 3.12. The summed E-state index contributed by atoms with van der Waals surface area (Å²) in [4.78, 5) is 0. The quantitative estimate of drug-likeness (QED) is 0.132. The van der Waals surface area contributed by atoms with Crippen LogP contribution in [-0.2, 0) is 12.8 Å². The molecule has 1 unspecified atom stereocenters. The van der Waals surface area contributed by atoms with Crippen molar-refractivity contribution >= 4 is 43.1 Å². The van der Waals surface area contributed by atoms with Crippen LogP contribution in [0.25, 0.3) is 43.1 Å². The molecule has 212 valence electrons. The lowest BCUT2D eigenvalue weighted by Crippen LogP contribution is -2.13. The molecule has 0 heterocycles. The van der Waals surface area contributed by atoms with Gasteiger partial charge in [-0.1, -0.05) is 78.3 Å². The zero-order chi connectivity index (χ0) is 31.0. The number of hydrogen-bond acceptors (Lipinski definition) is 2. The van der Waals surface area contributed by atoms with Crippen LogP contribution in [0.1, 0.15) is 45.4 Å². The Balaban J connectivity index is 1.29. The van der Waals surface area contributed by atoms with Crippen molar-refractivity contribution in [2.24, 2.45) is 5.92 Å². The minimum Gasteiger partial charge on any atom is -0.192 e. The van der Waals surface area contributed by atoms with Gasteiger partial charge in [-0.15, -0.1) is 0 Å². The second kappa shape index (κ2) is 11.3. The number of benzene rings is 7. The van der Waals surface area contributed by atoms with E-state index >= 15 is 0 Å². The molecule has 0 bridgehead atoms. The summed E-state index contributed by atoms with van der Waals surface area (Å²) in [7, 11) is 0. The normalized spacial score (nSPS) is 13.7. The number of rotatable bonds is 0. The highest BCUT2D eigenvalue weighted by Crippen LogP contribution is 2.41. The van der Waals surface area contributed by atoms with Gasteiger partial charge in [0.25, 0.3) is 0 Å². The molecule has 0 radical (unpaired) electrons. The maximum Gasteiger partial charge on any atom is 0.0991 e. The second-order valence-corrected chi connectivity index (χ2v) is 12.0. The maximum atomic E-state index is 9.14. The van der Waals surface area contributed by atoms with E-state index in [9.17, 15) is 0 Å². The fourth-order valence-corrected chi connectivity index (χ4v) is 6.83. The molecular formula is C44H26N2. The summed E-state index contributed by atoms with van der Waals surface area (Å²) in [6.07, 6.45) is 2.96. The third kappa shape index (κ3) is 4.90. The van der Waals surface area contributed by atoms with Crippen LogP contribution in [0.4, 0.5) is 0 Å². The summed E-state index contributed by atoms with van der Waals surface area (Å²) in [5.74, 6) is 13.9. The summed E-state index contributed by atoms with van der Waals surface area (Å²) in [6.45, 7) is 0. The van der Waals surface area contributed by atoms with Crippen LogP contribution in [0.2, 0.25) is 0 Å². The molecule has 7 aromatic carbocycles. The van der Waals surface area contributed by atoms with E-state index in [0.29, 0.717) is 11.1 Å². The van der Waals surface area contributed by atoms with Gasteiger partial charge in [0.05, 0.1) is 23.3 Å². The number of hydrogen-bond donors (Lipinski definition) is 0. The van der Waals surface area contributed by atoms with Gasteiger partial charge >= 0.3 is 0 Å². The van der Waals surface area contributed by atoms with E-state index in [2.05, 4.69) is 103 Å². The minimum absolute atomic E-state index is 0.264. The largest absolute Gasteiger partial charge is 0.192 e. The van der Waals surface area contributed by atoms with E-state index in [1.54, 1.807) is 12.1 Å². The number of fused-ring (bicyclic) bond motifs is 9. The van der Waals surface area contributed by atoms with Gasteiger partial charge in [-0.3, -0.25) is 0 Å². The lowest BCUT2D eigenvalue weighted by molar-refractivity contribution is 0.574. The zero-order valence-electron chi connectivity index (χ0n) is 25.1. The van der Waals surface area contributed by atoms with Gasteiger partial charge in [0.1, 0.15) is 0 Å². The van der Waals surface area contributed by atoms with E-state index in [1.165, 1.54) is 54.2 Å². The molecule has 0 saturated heterocycles. The summed E-state index contributed by atoms with van der Waals surface area (Å²) in [6, 6.07) is 43.8. The SMILES string of the molecule is N#Cc1ccc(C#Cc2ccc3ccc4ccc5ccc6ccc7c(c6c5c4c3c2)CC(C#Cc2ccc(C#N)cc2)CC7)cc1. The van der Waals surface area contributed by atoms with E-state index in [0.717, 1.165) is 36.0 Å². The topological polar surface area (TPSA) is 47.6 Å². The van der Waals surface area contributed by atoms with Crippen LogP contribution in [0.15, 0.2) is 115 Å². The van der Waals surface area contributed by atoms with Crippen molar-refractivity contribution in [2.75, 3.05) is 0 Å². The maximum absolute atomic E-state index is 9.14. The summed E-state index contributed by atoms with van der Waals surface area (Å²) in [5, 5.41) is 28.3. The van der Waals surface area contributed by atoms with Gasteiger partial charge in [-0.2, -0.15) is 10.5 Å². The first-order valence-electron chi connectivity index (χ1n) is 15.5. The zero-order valence-corrected chi connectivity index (χ0v) is 25.1. The molecule has 0 aliphatic heterocycles. The van der Waals surface area contributed by atoms with Crippen molar-refractivity contribution in [3.63, 3.8) is 0 Å². The second-order valence-electron chi connectivity index (χ2n) is 12.0. The van der Waals surface area contributed by atoms with Crippen molar-refractivity contribution in [2.45, 2.75) is 19.3 Å². The lowest BCUT2D eigenvalue weighted by Gasteiger charge is -2.24. The molecular weight excluding hydrogens is 556 g/mol. The van der Waals surface area contributed by atoms with E-state index < -0.39 is 0 Å². The Hall–Kier alpha value is -6.32. The summed E-state index contributed by atoms with van der Waals surface area (Å²) >= 11 is 0. The Bertz CT molecular complexity index is 2560. The molecule has 2 nitrogen and oxygen atoms in total. The molecule has 0 fully saturated rings. The van der Waals surface area contributed by atoms with E-state index in [-0.39, 0.29) is 5.92 Å². The van der Waals surface area contributed by atoms with E-state index in [4.69, 9.17) is 10.5 Å². The number of aryl methyl sites for hydroxylation is 1. The van der Waals surface area contributed by atoms with E-state index in [1.807, 2.05) is 36.4 Å². The molecule has 0 saturated carbocycles. The molecule has 0 spiro atoms. The first-order valence-corrected chi connectivity index (χ1v) is 15.5. The fraction of sp³-hybridized carbons (Fsp3) is 0.0909. The van der Waals surface area contributed by atoms with Crippen molar-refractivity contribution in [1.29, 1.82) is 10.5 Å². The molecule has 8 rings (SSSR count). The Kier molecular flexibility index (Phi) is 6.70. The Labute approximate surface area is 268 Å². The van der Waals surface area contributed by atoms with Gasteiger partial charge < -0.3 is 0 Å². The molecule has 46 heavy (non-hydrogen) atoms. The fourth-order valence-electron chi connectivity index (χ4n) is 6.83. The molecule has 0 aromatic heterocycles. The third-order valence-corrected chi connectivity index (χ3v) is 9.18. The van der Waals surface area contributed by atoms with Crippen LogP contribution in [-0.4, -0.2) is 0 Å². The van der Waals surface area contributed by atoms with Crippen molar-refractivity contribution in [3.8, 4) is 35.8 Å². The molecule has 7 aromatic rings. The van der Waals surface area contributed by atoms with Crippen LogP contribution in [0, 0.1) is 52.3 Å². The highest BCUT2D eigenvalue weighted by Gasteiger charge is 2.21. The highest BCUT2D eigenvalue weighted by atomic mass is 14.3. The van der Waals surface area contributed by atoms with Crippen LogP contribution < -0.4 is 0 Å². The molecule has 1 atom stereocenters. The van der Waals surface area contributed by atoms with Crippen molar-refractivity contribution < 1.29 is 0 Å². The highest BCUT2D eigenvalue weighted by molar-refractivity contribution is 6.28. The summed E-state index contributed by atoms with van der Waals surface area (Å²) in [5.41, 5.74) is 6.91. The Morgan fingerprint density at radius 1 is 0.478 bits per heavy atom. The number of nitriles is 2. The molecule has 0 N–H and O–H groups in total. The predicted molar refractivity (Wildman–Crippen MR) is 187 cm³/mol. The average molecular weight is 583 g/mol. The van der Waals surface area contributed by atoms with Crippen molar-refractivity contribution in [1.82, 2.24) is 0 Å². The monoisotopic (exact) mass is 582 g/mol. The van der Waals surface area contributed by atoms with Gasteiger partial charge in [-0.05, 0) is 134 Å². The molecule has 1 aliphatic carbocycles. The predicted octanol–water partition coefficient (Wildman–Crippen LogP) is 9.60. The van der Waals surface area contributed by atoms with Gasteiger partial charge in [-0.25, -0.2) is 0 Å². The molecule has 1 aliphatic rings. The van der Waals surface area contributed by atoms with Gasteiger partial charge in [0.15, 0.2) is 0 Å². The standard InChI is InChI=1S/C44H26N2/c45-27-33-9-3-29(4-10-33)1-7-31-13-15-35-17-19-37-21-23-39-24-22-38-20-18-36-16-14-32(8-2-30-5-11-34(28-46)12-6-30)26-41(36)43(38)44(39)42(37)40(35)25-31/h3-6,9-13,15,17-25,32H,14,16,26H2. The smallest absolute Gasteiger partial charge is 0.0991 e. The van der Waals surface area contributed by atoms with Gasteiger partial charge in [0, 0.05) is 22.6 Å². The van der Waals surface area contributed by atoms with Crippen LogP contribution >= 0.6 is 0 Å². The van der Waals surface area contributed by atoms with Crippen molar-refractivity contribution in [3.05, 3.63) is 154 Å². The first kappa shape index (κ1) is 27.2. The lowest BCUT2D eigenvalue weighted by atomic mass is 9.80. The molecule has 2 heteroatoms. The Morgan fingerprint density at radius 3 is 1.65 bits per heavy atom. The van der Waals surface area contributed by atoms with Gasteiger partial charge in [0.2, 0.25) is 0 Å². The summed E-state index contributed by atoms with van der Waals surface area (Å²) < 4.78 is 0. The van der Waals surface area contributed by atoms with Crippen LogP contribution in [0.3, 0.4) is 0 Å². The minimum atomic E-state index is 0.264.